The lowest BCUT2D eigenvalue weighted by Crippen LogP contribution is -2.06. The van der Waals surface area contributed by atoms with Crippen molar-refractivity contribution in [3.8, 4) is 5.69 Å². The number of carbonyl (C=O) groups is 1. The van der Waals surface area contributed by atoms with Crippen LogP contribution in [0.1, 0.15) is 50.4 Å². The molecule has 1 unspecified atom stereocenters. The average molecular weight is 274 g/mol. The molecule has 2 aromatic rings. The summed E-state index contributed by atoms with van der Waals surface area (Å²) in [6.07, 6.45) is 0.126. The van der Waals surface area contributed by atoms with E-state index in [2.05, 4.69) is 15.5 Å². The summed E-state index contributed by atoms with van der Waals surface area (Å²) in [4.78, 5) is 10.7. The van der Waals surface area contributed by atoms with Crippen LogP contribution in [-0.4, -0.2) is 31.3 Å². The number of nitrogens with zero attached hydrogens (tertiary/aromatic N) is 4. The predicted octanol–water partition coefficient (Wildman–Crippen LogP) is 2.36. The highest BCUT2D eigenvalue weighted by Gasteiger charge is 2.13. The number of hydrogen-bond donors (Lipinski definition) is 1. The van der Waals surface area contributed by atoms with Gasteiger partial charge in [0.1, 0.15) is 0 Å². The number of aromatic nitrogens is 4. The molecule has 0 saturated heterocycles. The molecule has 6 nitrogen and oxygen atoms in total. The van der Waals surface area contributed by atoms with E-state index in [1.165, 1.54) is 0 Å². The number of carboxylic acids is 1. The van der Waals surface area contributed by atoms with Gasteiger partial charge < -0.3 is 5.11 Å². The zero-order chi connectivity index (χ0) is 14.7. The summed E-state index contributed by atoms with van der Waals surface area (Å²) in [6.45, 7) is 5.97. The standard InChI is InChI=1S/C14H18N4O2/c1-9(2)14-15-16-17-18(14)12-6-4-11(5-7-12)10(3)8-13(19)20/h4-7,9-10H,8H2,1-3H3,(H,19,20). The lowest BCUT2D eigenvalue weighted by Gasteiger charge is -2.11. The van der Waals surface area contributed by atoms with Crippen molar-refractivity contribution < 1.29 is 9.90 Å². The summed E-state index contributed by atoms with van der Waals surface area (Å²) < 4.78 is 1.70. The maximum atomic E-state index is 10.7. The van der Waals surface area contributed by atoms with Gasteiger partial charge in [-0.05, 0) is 34.0 Å². The van der Waals surface area contributed by atoms with Gasteiger partial charge >= 0.3 is 5.97 Å². The van der Waals surface area contributed by atoms with E-state index >= 15 is 0 Å². The number of carboxylic acid groups (broad SMARTS) is 1. The molecule has 0 aliphatic heterocycles. The van der Waals surface area contributed by atoms with Gasteiger partial charge in [0.2, 0.25) is 0 Å². The van der Waals surface area contributed by atoms with E-state index in [4.69, 9.17) is 5.11 Å². The molecule has 1 N–H and O–H groups in total. The lowest BCUT2D eigenvalue weighted by molar-refractivity contribution is -0.137. The second-order valence-corrected chi connectivity index (χ2v) is 5.19. The smallest absolute Gasteiger partial charge is 0.303 e. The molecular formula is C14H18N4O2. The van der Waals surface area contributed by atoms with Gasteiger partial charge in [0, 0.05) is 5.92 Å². The fourth-order valence-corrected chi connectivity index (χ4v) is 2.06. The highest BCUT2D eigenvalue weighted by atomic mass is 16.4. The van der Waals surface area contributed by atoms with Gasteiger partial charge in [-0.1, -0.05) is 32.9 Å². The Bertz CT molecular complexity index is 589. The van der Waals surface area contributed by atoms with Crippen LogP contribution in [0.3, 0.4) is 0 Å². The molecule has 0 amide bonds. The average Bonchev–Trinajstić information content (AvgIpc) is 2.87. The zero-order valence-corrected chi connectivity index (χ0v) is 11.8. The van der Waals surface area contributed by atoms with Gasteiger partial charge in [-0.15, -0.1) is 5.10 Å². The lowest BCUT2D eigenvalue weighted by atomic mass is 9.98. The Morgan fingerprint density at radius 3 is 2.45 bits per heavy atom. The number of tetrazole rings is 1. The minimum atomic E-state index is -0.788. The third kappa shape index (κ3) is 3.01. The molecule has 1 heterocycles. The second kappa shape index (κ2) is 5.81. The molecule has 6 heteroatoms. The van der Waals surface area contributed by atoms with Crippen molar-refractivity contribution in [3.05, 3.63) is 35.7 Å². The van der Waals surface area contributed by atoms with Crippen LogP contribution in [0.15, 0.2) is 24.3 Å². The Morgan fingerprint density at radius 2 is 1.90 bits per heavy atom. The summed E-state index contributed by atoms with van der Waals surface area (Å²) in [7, 11) is 0. The van der Waals surface area contributed by atoms with Crippen LogP contribution in [0.4, 0.5) is 0 Å². The largest absolute Gasteiger partial charge is 0.481 e. The molecule has 1 aromatic carbocycles. The SMILES string of the molecule is CC(C)c1nnnn1-c1ccc(C(C)CC(=O)O)cc1. The fourth-order valence-electron chi connectivity index (χ4n) is 2.06. The van der Waals surface area contributed by atoms with E-state index in [1.54, 1.807) is 4.68 Å². The number of hydrogen-bond acceptors (Lipinski definition) is 4. The first-order valence-corrected chi connectivity index (χ1v) is 6.59. The maximum absolute atomic E-state index is 10.7. The van der Waals surface area contributed by atoms with Gasteiger partial charge in [0.05, 0.1) is 12.1 Å². The van der Waals surface area contributed by atoms with Gasteiger partial charge in [-0.25, -0.2) is 0 Å². The third-order valence-electron chi connectivity index (χ3n) is 3.20. The molecule has 1 atom stereocenters. The Labute approximate surface area is 117 Å². The van der Waals surface area contributed by atoms with Crippen molar-refractivity contribution in [2.24, 2.45) is 0 Å². The summed E-state index contributed by atoms with van der Waals surface area (Å²) in [5.41, 5.74) is 1.88. The second-order valence-electron chi connectivity index (χ2n) is 5.19. The van der Waals surface area contributed by atoms with E-state index < -0.39 is 5.97 Å². The third-order valence-corrected chi connectivity index (χ3v) is 3.20. The van der Waals surface area contributed by atoms with Crippen LogP contribution in [0, 0.1) is 0 Å². The Balaban J connectivity index is 2.24. The van der Waals surface area contributed by atoms with Crippen LogP contribution < -0.4 is 0 Å². The summed E-state index contributed by atoms with van der Waals surface area (Å²) >= 11 is 0. The first-order chi connectivity index (χ1) is 9.49. The van der Waals surface area contributed by atoms with Crippen molar-refractivity contribution in [3.63, 3.8) is 0 Å². The van der Waals surface area contributed by atoms with Crippen LogP contribution in [0.5, 0.6) is 0 Å². The molecule has 0 saturated carbocycles. The highest BCUT2D eigenvalue weighted by Crippen LogP contribution is 2.21. The summed E-state index contributed by atoms with van der Waals surface area (Å²) in [5.74, 6) is 0.232. The van der Waals surface area contributed by atoms with Crippen LogP contribution >= 0.6 is 0 Å². The minimum absolute atomic E-state index is 0.0139. The van der Waals surface area contributed by atoms with Crippen LogP contribution in [-0.2, 0) is 4.79 Å². The molecule has 0 aliphatic rings. The number of aliphatic carboxylic acids is 1. The molecule has 1 aromatic heterocycles. The van der Waals surface area contributed by atoms with Gasteiger partial charge in [0.15, 0.2) is 5.82 Å². The van der Waals surface area contributed by atoms with E-state index in [0.717, 1.165) is 17.1 Å². The van der Waals surface area contributed by atoms with Gasteiger partial charge in [-0.3, -0.25) is 4.79 Å². The van der Waals surface area contributed by atoms with Crippen molar-refractivity contribution in [2.75, 3.05) is 0 Å². The number of rotatable bonds is 5. The Kier molecular flexibility index (Phi) is 4.12. The molecular weight excluding hydrogens is 256 g/mol. The zero-order valence-electron chi connectivity index (χ0n) is 11.8. The van der Waals surface area contributed by atoms with Crippen molar-refractivity contribution >= 4 is 5.97 Å². The van der Waals surface area contributed by atoms with Crippen molar-refractivity contribution in [1.29, 1.82) is 0 Å². The number of benzene rings is 1. The molecule has 0 aliphatic carbocycles. The van der Waals surface area contributed by atoms with Gasteiger partial charge in [-0.2, -0.15) is 4.68 Å². The van der Waals surface area contributed by atoms with E-state index in [1.807, 2.05) is 45.0 Å². The van der Waals surface area contributed by atoms with Crippen LogP contribution in [0.25, 0.3) is 5.69 Å². The van der Waals surface area contributed by atoms with Gasteiger partial charge in [0.25, 0.3) is 0 Å². The molecule has 0 spiro atoms. The van der Waals surface area contributed by atoms with E-state index in [-0.39, 0.29) is 18.3 Å². The van der Waals surface area contributed by atoms with E-state index in [9.17, 15) is 4.79 Å². The summed E-state index contributed by atoms with van der Waals surface area (Å²) in [5, 5.41) is 20.5. The molecule has 0 bridgehead atoms. The monoisotopic (exact) mass is 274 g/mol. The molecule has 0 radical (unpaired) electrons. The first-order valence-electron chi connectivity index (χ1n) is 6.59. The maximum Gasteiger partial charge on any atom is 0.303 e. The first kappa shape index (κ1) is 14.2. The topological polar surface area (TPSA) is 80.9 Å². The van der Waals surface area contributed by atoms with Crippen molar-refractivity contribution in [2.45, 2.75) is 39.0 Å². The fraction of sp³-hybridized carbons (Fsp3) is 0.429. The predicted molar refractivity (Wildman–Crippen MR) is 73.9 cm³/mol. The molecule has 2 rings (SSSR count). The normalized spacial score (nSPS) is 12.6. The molecule has 106 valence electrons. The Morgan fingerprint density at radius 1 is 1.25 bits per heavy atom. The molecule has 0 fully saturated rings. The molecule has 20 heavy (non-hydrogen) atoms. The van der Waals surface area contributed by atoms with Crippen molar-refractivity contribution in [1.82, 2.24) is 20.2 Å². The Hall–Kier alpha value is -2.24. The van der Waals surface area contributed by atoms with Crippen LogP contribution in [0.2, 0.25) is 0 Å². The highest BCUT2D eigenvalue weighted by molar-refractivity contribution is 5.68. The van der Waals surface area contributed by atoms with E-state index in [0.29, 0.717) is 0 Å². The minimum Gasteiger partial charge on any atom is -0.481 e. The summed E-state index contributed by atoms with van der Waals surface area (Å²) in [6, 6.07) is 7.68. The quantitative estimate of drug-likeness (QED) is 0.905.